The first-order valence-electron chi connectivity index (χ1n) is 7.93. The lowest BCUT2D eigenvalue weighted by Crippen LogP contribution is -2.49. The van der Waals surface area contributed by atoms with Gasteiger partial charge in [0.25, 0.3) is 5.92 Å². The van der Waals surface area contributed by atoms with Gasteiger partial charge in [-0.15, -0.1) is 0 Å². The molecule has 8 heteroatoms. The molecule has 0 bridgehead atoms. The fraction of sp³-hybridized carbons (Fsp3) is 0.733. The van der Waals surface area contributed by atoms with Crippen LogP contribution in [0.5, 0.6) is 0 Å². The van der Waals surface area contributed by atoms with Crippen LogP contribution >= 0.6 is 0 Å². The summed E-state index contributed by atoms with van der Waals surface area (Å²) in [6, 6.07) is 1.75. The summed E-state index contributed by atoms with van der Waals surface area (Å²) in [7, 11) is 0. The van der Waals surface area contributed by atoms with Gasteiger partial charge in [-0.05, 0) is 12.5 Å². The zero-order valence-corrected chi connectivity index (χ0v) is 13.0. The van der Waals surface area contributed by atoms with Crippen molar-refractivity contribution >= 4 is 5.91 Å². The van der Waals surface area contributed by atoms with Crippen LogP contribution < -0.4 is 0 Å². The number of aromatic nitrogens is 2. The first-order valence-corrected chi connectivity index (χ1v) is 7.93. The van der Waals surface area contributed by atoms with E-state index >= 15 is 0 Å². The lowest BCUT2D eigenvalue weighted by molar-refractivity contribution is -0.132. The zero-order chi connectivity index (χ0) is 16.5. The number of rotatable bonds is 4. The number of carbonyl (C=O) groups excluding carboxylic acids is 1. The molecule has 1 aromatic rings. The molecule has 1 amide bonds. The molecule has 2 saturated heterocycles. The summed E-state index contributed by atoms with van der Waals surface area (Å²) < 4.78 is 27.9. The standard InChI is InChI=1S/C15H22F2N4O2/c16-15(17)3-7-19(8-4-15)11-14(23)2-9-20(12-14)13(22)10-21-6-1-5-18-21/h1,5-6,23H,2-4,7-12H2/t14-/m1/s1. The predicted octanol–water partition coefficient (Wildman–Crippen LogP) is 0.578. The highest BCUT2D eigenvalue weighted by Gasteiger charge is 2.42. The highest BCUT2D eigenvalue weighted by molar-refractivity contribution is 5.76. The maximum Gasteiger partial charge on any atom is 0.250 e. The van der Waals surface area contributed by atoms with Gasteiger partial charge in [0.2, 0.25) is 5.91 Å². The normalized spacial score (nSPS) is 28.2. The molecule has 0 unspecified atom stereocenters. The third kappa shape index (κ3) is 4.06. The van der Waals surface area contributed by atoms with Crippen LogP contribution in [0, 0.1) is 0 Å². The van der Waals surface area contributed by atoms with Crippen molar-refractivity contribution in [1.29, 1.82) is 0 Å². The molecule has 2 fully saturated rings. The van der Waals surface area contributed by atoms with Gasteiger partial charge in [-0.25, -0.2) is 8.78 Å². The molecule has 0 radical (unpaired) electrons. The first-order chi connectivity index (χ1) is 10.9. The van der Waals surface area contributed by atoms with Crippen molar-refractivity contribution in [1.82, 2.24) is 19.6 Å². The average molecular weight is 328 g/mol. The zero-order valence-electron chi connectivity index (χ0n) is 13.0. The molecule has 0 saturated carbocycles. The number of piperidine rings is 1. The Kier molecular flexibility index (Phi) is 4.37. The van der Waals surface area contributed by atoms with Crippen LogP contribution in [0.4, 0.5) is 8.78 Å². The number of nitrogens with zero attached hydrogens (tertiary/aromatic N) is 4. The van der Waals surface area contributed by atoms with Crippen LogP contribution in [-0.4, -0.2) is 74.8 Å². The summed E-state index contributed by atoms with van der Waals surface area (Å²) in [6.45, 7) is 1.81. The first kappa shape index (κ1) is 16.3. The number of halogens is 2. The third-order valence-corrected chi connectivity index (χ3v) is 4.65. The average Bonchev–Trinajstić information content (AvgIpc) is 3.11. The van der Waals surface area contributed by atoms with Gasteiger partial charge in [0.1, 0.15) is 6.54 Å². The second-order valence-corrected chi connectivity index (χ2v) is 6.63. The number of likely N-dealkylation sites (tertiary alicyclic amines) is 2. The van der Waals surface area contributed by atoms with E-state index in [1.807, 2.05) is 4.90 Å². The topological polar surface area (TPSA) is 61.6 Å². The fourth-order valence-corrected chi connectivity index (χ4v) is 3.29. The number of aliphatic hydroxyl groups is 1. The highest BCUT2D eigenvalue weighted by atomic mass is 19.3. The van der Waals surface area contributed by atoms with Gasteiger partial charge in [-0.1, -0.05) is 0 Å². The van der Waals surface area contributed by atoms with Crippen LogP contribution in [0.1, 0.15) is 19.3 Å². The maximum atomic E-state index is 13.2. The van der Waals surface area contributed by atoms with Crippen LogP contribution in [-0.2, 0) is 11.3 Å². The molecule has 128 valence electrons. The van der Waals surface area contributed by atoms with Crippen molar-refractivity contribution < 1.29 is 18.7 Å². The molecule has 0 aliphatic carbocycles. The van der Waals surface area contributed by atoms with Gasteiger partial charge in [0, 0.05) is 51.4 Å². The smallest absolute Gasteiger partial charge is 0.250 e. The fourth-order valence-electron chi connectivity index (χ4n) is 3.29. The van der Waals surface area contributed by atoms with Gasteiger partial charge in [0.05, 0.1) is 12.1 Å². The molecule has 1 atom stereocenters. The SMILES string of the molecule is O=C(Cn1cccn1)N1CC[C@@](O)(CN2CCC(F)(F)CC2)C1. The summed E-state index contributed by atoms with van der Waals surface area (Å²) in [5.41, 5.74) is -1.01. The van der Waals surface area contributed by atoms with E-state index in [0.717, 1.165) is 0 Å². The largest absolute Gasteiger partial charge is 0.387 e. The van der Waals surface area contributed by atoms with E-state index in [0.29, 0.717) is 19.5 Å². The summed E-state index contributed by atoms with van der Waals surface area (Å²) in [6.07, 6.45) is 3.48. The molecular weight excluding hydrogens is 306 g/mol. The van der Waals surface area contributed by atoms with Crippen molar-refractivity contribution in [2.24, 2.45) is 0 Å². The number of alkyl halides is 2. The Labute approximate surface area is 133 Å². The molecule has 3 rings (SSSR count). The summed E-state index contributed by atoms with van der Waals surface area (Å²) in [4.78, 5) is 15.7. The lowest BCUT2D eigenvalue weighted by atomic mass is 10.00. The van der Waals surface area contributed by atoms with E-state index < -0.39 is 11.5 Å². The van der Waals surface area contributed by atoms with E-state index in [1.165, 1.54) is 0 Å². The molecule has 23 heavy (non-hydrogen) atoms. The molecule has 6 nitrogen and oxygen atoms in total. The van der Waals surface area contributed by atoms with Crippen molar-refractivity contribution in [2.75, 3.05) is 32.7 Å². The van der Waals surface area contributed by atoms with E-state index in [1.54, 1.807) is 28.0 Å². The Morgan fingerprint density at radius 3 is 2.61 bits per heavy atom. The maximum absolute atomic E-state index is 13.2. The molecule has 2 aliphatic heterocycles. The van der Waals surface area contributed by atoms with Crippen LogP contribution in [0.3, 0.4) is 0 Å². The number of hydrogen-bond acceptors (Lipinski definition) is 4. The minimum Gasteiger partial charge on any atom is -0.387 e. The molecule has 2 aliphatic rings. The lowest BCUT2D eigenvalue weighted by Gasteiger charge is -2.36. The van der Waals surface area contributed by atoms with Gasteiger partial charge in [-0.3, -0.25) is 14.4 Å². The number of hydrogen-bond donors (Lipinski definition) is 1. The minimum absolute atomic E-state index is 0.0881. The summed E-state index contributed by atoms with van der Waals surface area (Å²) in [5.74, 6) is -2.67. The molecule has 0 spiro atoms. The van der Waals surface area contributed by atoms with Gasteiger partial charge in [0.15, 0.2) is 0 Å². The second kappa shape index (κ2) is 6.16. The Hall–Kier alpha value is -1.54. The van der Waals surface area contributed by atoms with E-state index in [9.17, 15) is 18.7 Å². The van der Waals surface area contributed by atoms with E-state index in [-0.39, 0.29) is 44.9 Å². The van der Waals surface area contributed by atoms with Gasteiger partial charge in [-0.2, -0.15) is 5.10 Å². The Bertz CT molecular complexity index is 542. The minimum atomic E-state index is -2.58. The van der Waals surface area contributed by atoms with Crippen LogP contribution in [0.25, 0.3) is 0 Å². The van der Waals surface area contributed by atoms with Gasteiger partial charge < -0.3 is 10.0 Å². The number of β-amino-alcohol motifs (C(OH)–C–C–N with tert-alkyl or cyclic N) is 1. The highest BCUT2D eigenvalue weighted by Crippen LogP contribution is 2.30. The van der Waals surface area contributed by atoms with Crippen molar-refractivity contribution in [2.45, 2.75) is 37.3 Å². The van der Waals surface area contributed by atoms with E-state index in [2.05, 4.69) is 5.10 Å². The second-order valence-electron chi connectivity index (χ2n) is 6.63. The van der Waals surface area contributed by atoms with Crippen molar-refractivity contribution in [3.63, 3.8) is 0 Å². The summed E-state index contributed by atoms with van der Waals surface area (Å²) >= 11 is 0. The Morgan fingerprint density at radius 2 is 1.96 bits per heavy atom. The summed E-state index contributed by atoms with van der Waals surface area (Å²) in [5, 5.41) is 14.7. The molecule has 1 aromatic heterocycles. The molecule has 3 heterocycles. The Morgan fingerprint density at radius 1 is 1.22 bits per heavy atom. The van der Waals surface area contributed by atoms with E-state index in [4.69, 9.17) is 0 Å². The quantitative estimate of drug-likeness (QED) is 0.878. The molecule has 1 N–H and O–H groups in total. The monoisotopic (exact) mass is 328 g/mol. The van der Waals surface area contributed by atoms with Gasteiger partial charge >= 0.3 is 0 Å². The third-order valence-electron chi connectivity index (χ3n) is 4.65. The molecule has 0 aromatic carbocycles. The Balaban J connectivity index is 1.50. The van der Waals surface area contributed by atoms with Crippen molar-refractivity contribution in [3.05, 3.63) is 18.5 Å². The molecular formula is C15H22F2N4O2. The predicted molar refractivity (Wildman–Crippen MR) is 79.0 cm³/mol. The van der Waals surface area contributed by atoms with Crippen molar-refractivity contribution in [3.8, 4) is 0 Å². The van der Waals surface area contributed by atoms with Crippen LogP contribution in [0.2, 0.25) is 0 Å². The number of carbonyl (C=O) groups is 1. The van der Waals surface area contributed by atoms with Crippen LogP contribution in [0.15, 0.2) is 18.5 Å². The number of amides is 1.